The Bertz CT molecular complexity index is 376. The summed E-state index contributed by atoms with van der Waals surface area (Å²) in [6, 6.07) is -0.0644. The number of aromatic nitrogens is 4. The van der Waals surface area contributed by atoms with Crippen LogP contribution in [0.25, 0.3) is 0 Å². The van der Waals surface area contributed by atoms with Crippen molar-refractivity contribution >= 4 is 5.91 Å². The summed E-state index contributed by atoms with van der Waals surface area (Å²) in [5, 5.41) is 14.9. The molecule has 0 saturated carbocycles. The topological polar surface area (TPSA) is 75.9 Å². The number of aryl methyl sites for hydroxylation is 1. The number of hydrogen-bond acceptors (Lipinski definition) is 5. The quantitative estimate of drug-likeness (QED) is 0.707. The van der Waals surface area contributed by atoms with Crippen LogP contribution in [0.2, 0.25) is 0 Å². The largest absolute Gasteiger partial charge is 0.332 e. The molecule has 7 nitrogen and oxygen atoms in total. The molecule has 1 fully saturated rings. The molecule has 1 unspecified atom stereocenters. The van der Waals surface area contributed by atoms with Crippen molar-refractivity contribution in [3.05, 3.63) is 5.82 Å². The van der Waals surface area contributed by atoms with Crippen molar-refractivity contribution in [3.63, 3.8) is 0 Å². The maximum Gasteiger partial charge on any atom is 0.240 e. The molecule has 1 aliphatic heterocycles. The first-order chi connectivity index (χ1) is 7.70. The molecule has 0 radical (unpaired) electrons. The molecule has 1 amide bonds. The minimum atomic E-state index is -0.0644. The monoisotopic (exact) mass is 224 g/mol. The lowest BCUT2D eigenvalue weighted by atomic mass is 10.1. The third-order valence-corrected chi connectivity index (χ3v) is 2.67. The normalized spacial score (nSPS) is 21.5. The second-order valence-corrected chi connectivity index (χ2v) is 3.87. The molecule has 1 saturated heterocycles. The number of hydrogen-bond donors (Lipinski definition) is 1. The molecule has 16 heavy (non-hydrogen) atoms. The molecule has 0 spiro atoms. The first kappa shape index (κ1) is 11.0. The average molecular weight is 224 g/mol. The van der Waals surface area contributed by atoms with Crippen LogP contribution in [0.15, 0.2) is 0 Å². The van der Waals surface area contributed by atoms with Crippen LogP contribution >= 0.6 is 0 Å². The highest BCUT2D eigenvalue weighted by Gasteiger charge is 2.27. The fraction of sp³-hybridized carbons (Fsp3) is 0.778. The van der Waals surface area contributed by atoms with Gasteiger partial charge in [-0.15, -0.1) is 10.2 Å². The van der Waals surface area contributed by atoms with Crippen LogP contribution in [-0.4, -0.2) is 50.1 Å². The molecule has 7 heteroatoms. The maximum atomic E-state index is 11.9. The number of nitrogens with one attached hydrogen (secondary N) is 1. The van der Waals surface area contributed by atoms with Crippen LogP contribution in [0.5, 0.6) is 0 Å². The van der Waals surface area contributed by atoms with Crippen LogP contribution in [0.3, 0.4) is 0 Å². The van der Waals surface area contributed by atoms with Crippen LogP contribution in [0.4, 0.5) is 0 Å². The van der Waals surface area contributed by atoms with Crippen molar-refractivity contribution in [3.8, 4) is 0 Å². The molecule has 1 aliphatic rings. The summed E-state index contributed by atoms with van der Waals surface area (Å²) in [7, 11) is 1.71. The predicted molar refractivity (Wildman–Crippen MR) is 56.3 cm³/mol. The minimum absolute atomic E-state index is 0.0644. The Morgan fingerprint density at radius 2 is 2.38 bits per heavy atom. The van der Waals surface area contributed by atoms with Gasteiger partial charge in [0.15, 0.2) is 5.82 Å². The third kappa shape index (κ3) is 2.19. The van der Waals surface area contributed by atoms with Crippen molar-refractivity contribution in [2.24, 2.45) is 7.05 Å². The van der Waals surface area contributed by atoms with Gasteiger partial charge in [0.25, 0.3) is 0 Å². The van der Waals surface area contributed by atoms with Crippen molar-refractivity contribution < 1.29 is 4.79 Å². The summed E-state index contributed by atoms with van der Waals surface area (Å²) >= 11 is 0. The molecule has 1 aromatic rings. The Balaban J connectivity index is 2.01. The van der Waals surface area contributed by atoms with Gasteiger partial charge in [-0.25, -0.2) is 0 Å². The maximum absolute atomic E-state index is 11.9. The second kappa shape index (κ2) is 4.56. The van der Waals surface area contributed by atoms with Gasteiger partial charge in [0.2, 0.25) is 5.91 Å². The van der Waals surface area contributed by atoms with Crippen LogP contribution in [0.1, 0.15) is 19.2 Å². The standard InChI is InChI=1S/C9H16N6O/c1-3-7-9(16)15(5-4-10-7)6-8-11-13-14(2)12-8/h7,10H,3-6H2,1-2H3. The number of tetrazole rings is 1. The van der Waals surface area contributed by atoms with E-state index in [-0.39, 0.29) is 11.9 Å². The zero-order valence-electron chi connectivity index (χ0n) is 9.55. The van der Waals surface area contributed by atoms with Crippen molar-refractivity contribution in [2.45, 2.75) is 25.9 Å². The number of carbonyl (C=O) groups is 1. The van der Waals surface area contributed by atoms with Gasteiger partial charge in [-0.05, 0) is 11.6 Å². The lowest BCUT2D eigenvalue weighted by molar-refractivity contribution is -0.136. The molecular formula is C9H16N6O. The lowest BCUT2D eigenvalue weighted by Crippen LogP contribution is -2.54. The number of nitrogens with zero attached hydrogens (tertiary/aromatic N) is 5. The van der Waals surface area contributed by atoms with Crippen molar-refractivity contribution in [1.82, 2.24) is 30.4 Å². The fourth-order valence-electron chi connectivity index (χ4n) is 1.82. The summed E-state index contributed by atoms with van der Waals surface area (Å²) in [5.74, 6) is 0.716. The number of amides is 1. The Kier molecular flexibility index (Phi) is 3.14. The number of carbonyl (C=O) groups excluding carboxylic acids is 1. The van der Waals surface area contributed by atoms with E-state index in [0.29, 0.717) is 18.9 Å². The Labute approximate surface area is 93.8 Å². The first-order valence-electron chi connectivity index (χ1n) is 5.45. The molecule has 0 bridgehead atoms. The van der Waals surface area contributed by atoms with E-state index >= 15 is 0 Å². The van der Waals surface area contributed by atoms with Crippen LogP contribution in [0, 0.1) is 0 Å². The highest BCUT2D eigenvalue weighted by atomic mass is 16.2. The Hall–Kier alpha value is -1.50. The highest BCUT2D eigenvalue weighted by Crippen LogP contribution is 2.07. The minimum Gasteiger partial charge on any atom is -0.332 e. The number of rotatable bonds is 3. The fourth-order valence-corrected chi connectivity index (χ4v) is 1.82. The molecule has 1 atom stereocenters. The van der Waals surface area contributed by atoms with Gasteiger partial charge in [0, 0.05) is 13.1 Å². The van der Waals surface area contributed by atoms with Crippen molar-refractivity contribution in [2.75, 3.05) is 13.1 Å². The smallest absolute Gasteiger partial charge is 0.240 e. The molecule has 1 N–H and O–H groups in total. The van der Waals surface area contributed by atoms with Crippen LogP contribution in [-0.2, 0) is 18.4 Å². The summed E-state index contributed by atoms with van der Waals surface area (Å²) in [4.78, 5) is 15.1. The Morgan fingerprint density at radius 1 is 1.56 bits per heavy atom. The number of piperazine rings is 1. The molecule has 2 heterocycles. The molecule has 0 aliphatic carbocycles. The summed E-state index contributed by atoms with van der Waals surface area (Å²) < 4.78 is 0. The van der Waals surface area contributed by atoms with Crippen molar-refractivity contribution in [1.29, 1.82) is 0 Å². The van der Waals surface area contributed by atoms with E-state index in [1.54, 1.807) is 11.9 Å². The highest BCUT2D eigenvalue weighted by molar-refractivity contribution is 5.82. The van der Waals surface area contributed by atoms with Gasteiger partial charge in [0.05, 0.1) is 19.6 Å². The van der Waals surface area contributed by atoms with Gasteiger partial charge < -0.3 is 10.2 Å². The van der Waals surface area contributed by atoms with E-state index in [1.807, 2.05) is 6.92 Å². The van der Waals surface area contributed by atoms with E-state index in [4.69, 9.17) is 0 Å². The van der Waals surface area contributed by atoms with E-state index in [9.17, 15) is 4.79 Å². The van der Waals surface area contributed by atoms with Gasteiger partial charge >= 0.3 is 0 Å². The van der Waals surface area contributed by atoms with E-state index in [2.05, 4.69) is 20.7 Å². The van der Waals surface area contributed by atoms with E-state index in [1.165, 1.54) is 4.80 Å². The molecule has 2 rings (SSSR count). The lowest BCUT2D eigenvalue weighted by Gasteiger charge is -2.31. The summed E-state index contributed by atoms with van der Waals surface area (Å²) in [6.07, 6.45) is 0.809. The van der Waals surface area contributed by atoms with Gasteiger partial charge in [-0.3, -0.25) is 4.79 Å². The summed E-state index contributed by atoms with van der Waals surface area (Å²) in [6.45, 7) is 3.97. The molecule has 1 aromatic heterocycles. The van der Waals surface area contributed by atoms with Gasteiger partial charge in [-0.2, -0.15) is 4.80 Å². The zero-order chi connectivity index (χ0) is 11.5. The summed E-state index contributed by atoms with van der Waals surface area (Å²) in [5.41, 5.74) is 0. The van der Waals surface area contributed by atoms with Gasteiger partial charge in [-0.1, -0.05) is 6.92 Å². The van der Waals surface area contributed by atoms with E-state index in [0.717, 1.165) is 13.0 Å². The predicted octanol–water partition coefficient (Wildman–Crippen LogP) is -1.08. The zero-order valence-corrected chi connectivity index (χ0v) is 9.55. The van der Waals surface area contributed by atoms with Gasteiger partial charge in [0.1, 0.15) is 0 Å². The molecular weight excluding hydrogens is 208 g/mol. The third-order valence-electron chi connectivity index (χ3n) is 2.67. The Morgan fingerprint density at radius 3 is 3.00 bits per heavy atom. The van der Waals surface area contributed by atoms with E-state index < -0.39 is 0 Å². The second-order valence-electron chi connectivity index (χ2n) is 3.87. The average Bonchev–Trinajstić information content (AvgIpc) is 2.67. The SMILES string of the molecule is CCC1NCCN(Cc2nnn(C)n2)C1=O. The van der Waals surface area contributed by atoms with Crippen LogP contribution < -0.4 is 5.32 Å². The molecule has 88 valence electrons. The first-order valence-corrected chi connectivity index (χ1v) is 5.45. The molecule has 0 aromatic carbocycles.